The quantitative estimate of drug-likeness (QED) is 0.623. The summed E-state index contributed by atoms with van der Waals surface area (Å²) in [5.74, 6) is -1.89. The van der Waals surface area contributed by atoms with Crippen LogP contribution in [0.1, 0.15) is 19.8 Å². The number of piperidine rings is 1. The van der Waals surface area contributed by atoms with Crippen molar-refractivity contribution in [3.05, 3.63) is 28.3 Å². The van der Waals surface area contributed by atoms with Gasteiger partial charge in [-0.05, 0) is 25.8 Å². The molecular weight excluding hydrogens is 340 g/mol. The van der Waals surface area contributed by atoms with E-state index in [0.29, 0.717) is 12.8 Å². The summed E-state index contributed by atoms with van der Waals surface area (Å²) in [4.78, 5) is 21.1. The van der Waals surface area contributed by atoms with Gasteiger partial charge in [-0.25, -0.2) is 8.42 Å². The summed E-state index contributed by atoms with van der Waals surface area (Å²) in [6, 6.07) is 2.89. The molecule has 0 amide bonds. The van der Waals surface area contributed by atoms with Gasteiger partial charge in [0, 0.05) is 24.7 Å². The van der Waals surface area contributed by atoms with Gasteiger partial charge in [0.05, 0.1) is 18.0 Å². The van der Waals surface area contributed by atoms with Gasteiger partial charge in [-0.1, -0.05) is 0 Å². The van der Waals surface area contributed by atoms with Gasteiger partial charge in [-0.2, -0.15) is 4.31 Å². The third-order valence-electron chi connectivity index (χ3n) is 4.12. The molecule has 1 aromatic rings. The molecule has 2 unspecified atom stereocenters. The molecule has 1 saturated heterocycles. The molecule has 1 N–H and O–H groups in total. The number of hydrogen-bond donors (Lipinski definition) is 1. The van der Waals surface area contributed by atoms with E-state index in [1.54, 1.807) is 6.92 Å². The first-order chi connectivity index (χ1) is 11.2. The summed E-state index contributed by atoms with van der Waals surface area (Å²) < 4.78 is 32.0. The number of sulfonamides is 1. The fourth-order valence-corrected chi connectivity index (χ4v) is 4.60. The Bertz CT molecular complexity index is 762. The Hall–Kier alpha value is -2.20. The minimum absolute atomic E-state index is 0.0229. The zero-order chi connectivity index (χ0) is 18.1. The SMILES string of the molecule is COc1ccc([N+](=O)[O-])cc1S(=O)(=O)N1CC(C(=O)O)CCC1C. The number of methoxy groups -OCH3 is 1. The predicted octanol–water partition coefficient (Wildman–Crippen LogP) is 1.48. The molecule has 0 saturated carbocycles. The number of ether oxygens (including phenoxy) is 1. The zero-order valence-electron chi connectivity index (χ0n) is 13.2. The highest BCUT2D eigenvalue weighted by Crippen LogP contribution is 2.34. The van der Waals surface area contributed by atoms with Crippen LogP contribution in [0.4, 0.5) is 5.69 Å². The number of carboxylic acid groups (broad SMARTS) is 1. The lowest BCUT2D eigenvalue weighted by molar-refractivity contribution is -0.385. The maximum atomic E-state index is 13.0. The molecule has 1 aliphatic heterocycles. The smallest absolute Gasteiger partial charge is 0.307 e. The Balaban J connectivity index is 2.50. The summed E-state index contributed by atoms with van der Waals surface area (Å²) in [6.07, 6.45) is 0.780. The number of non-ortho nitro benzene ring substituents is 1. The topological polar surface area (TPSA) is 127 Å². The Morgan fingerprint density at radius 1 is 1.42 bits per heavy atom. The highest BCUT2D eigenvalue weighted by atomic mass is 32.2. The first-order valence-corrected chi connectivity index (χ1v) is 8.69. The number of rotatable bonds is 5. The Morgan fingerprint density at radius 3 is 2.62 bits per heavy atom. The van der Waals surface area contributed by atoms with E-state index in [9.17, 15) is 23.3 Å². The largest absolute Gasteiger partial charge is 0.495 e. The van der Waals surface area contributed by atoms with Crippen molar-refractivity contribution in [2.75, 3.05) is 13.7 Å². The maximum Gasteiger partial charge on any atom is 0.307 e. The van der Waals surface area contributed by atoms with Gasteiger partial charge in [0.1, 0.15) is 10.6 Å². The molecule has 132 valence electrons. The van der Waals surface area contributed by atoms with Gasteiger partial charge in [0.2, 0.25) is 10.0 Å². The predicted molar refractivity (Wildman–Crippen MR) is 83.4 cm³/mol. The van der Waals surface area contributed by atoms with E-state index in [1.165, 1.54) is 13.2 Å². The van der Waals surface area contributed by atoms with Crippen molar-refractivity contribution in [3.8, 4) is 5.75 Å². The van der Waals surface area contributed by atoms with Gasteiger partial charge < -0.3 is 9.84 Å². The molecule has 0 spiro atoms. The molecule has 9 nitrogen and oxygen atoms in total. The first-order valence-electron chi connectivity index (χ1n) is 7.25. The summed E-state index contributed by atoms with van der Waals surface area (Å²) in [6.45, 7) is 1.50. The fourth-order valence-electron chi connectivity index (χ4n) is 2.72. The van der Waals surface area contributed by atoms with E-state index in [4.69, 9.17) is 9.84 Å². The number of carbonyl (C=O) groups is 1. The van der Waals surface area contributed by atoms with E-state index >= 15 is 0 Å². The second-order valence-electron chi connectivity index (χ2n) is 5.63. The van der Waals surface area contributed by atoms with Crippen molar-refractivity contribution >= 4 is 21.7 Å². The second-order valence-corrected chi connectivity index (χ2v) is 7.49. The van der Waals surface area contributed by atoms with Gasteiger partial charge in [-0.15, -0.1) is 0 Å². The van der Waals surface area contributed by atoms with Gasteiger partial charge in [0.25, 0.3) is 5.69 Å². The molecule has 1 fully saturated rings. The molecular formula is C14H18N2O7S. The summed E-state index contributed by atoms with van der Waals surface area (Å²) in [7, 11) is -2.87. The van der Waals surface area contributed by atoms with Gasteiger partial charge in [-0.3, -0.25) is 14.9 Å². The number of aliphatic carboxylic acids is 1. The Morgan fingerprint density at radius 2 is 2.08 bits per heavy atom. The van der Waals surface area contributed by atoms with Crippen LogP contribution in [0.3, 0.4) is 0 Å². The minimum Gasteiger partial charge on any atom is -0.495 e. The molecule has 24 heavy (non-hydrogen) atoms. The maximum absolute atomic E-state index is 13.0. The van der Waals surface area contributed by atoms with Crippen LogP contribution in [0.5, 0.6) is 5.75 Å². The number of nitro benzene ring substituents is 1. The van der Waals surface area contributed by atoms with Crippen molar-refractivity contribution in [2.24, 2.45) is 5.92 Å². The summed E-state index contributed by atoms with van der Waals surface area (Å²) >= 11 is 0. The Labute approximate surface area is 139 Å². The minimum atomic E-state index is -4.14. The average Bonchev–Trinajstić information content (AvgIpc) is 2.54. The van der Waals surface area contributed by atoms with E-state index in [2.05, 4.69) is 0 Å². The molecule has 10 heteroatoms. The number of nitrogens with zero attached hydrogens (tertiary/aromatic N) is 2. The zero-order valence-corrected chi connectivity index (χ0v) is 14.0. The Kier molecular flexibility index (Phi) is 5.09. The molecule has 0 bridgehead atoms. The molecule has 2 rings (SSSR count). The second kappa shape index (κ2) is 6.73. The van der Waals surface area contributed by atoms with Gasteiger partial charge in [0.15, 0.2) is 0 Å². The molecule has 1 aromatic carbocycles. The van der Waals surface area contributed by atoms with Crippen molar-refractivity contribution in [2.45, 2.75) is 30.7 Å². The van der Waals surface area contributed by atoms with Crippen LogP contribution >= 0.6 is 0 Å². The van der Waals surface area contributed by atoms with Crippen molar-refractivity contribution in [1.29, 1.82) is 0 Å². The van der Waals surface area contributed by atoms with Crippen LogP contribution in [-0.4, -0.2) is 48.4 Å². The number of carboxylic acids is 1. The van der Waals surface area contributed by atoms with E-state index in [0.717, 1.165) is 16.4 Å². The van der Waals surface area contributed by atoms with Crippen molar-refractivity contribution in [1.82, 2.24) is 4.31 Å². The molecule has 0 aliphatic carbocycles. The van der Waals surface area contributed by atoms with E-state index in [1.807, 2.05) is 0 Å². The monoisotopic (exact) mass is 358 g/mol. The first kappa shape index (κ1) is 18.1. The third kappa shape index (κ3) is 3.34. The molecule has 0 aromatic heterocycles. The molecule has 1 aliphatic rings. The van der Waals surface area contributed by atoms with Crippen molar-refractivity contribution in [3.63, 3.8) is 0 Å². The highest BCUT2D eigenvalue weighted by molar-refractivity contribution is 7.89. The van der Waals surface area contributed by atoms with Crippen LogP contribution in [-0.2, 0) is 14.8 Å². The van der Waals surface area contributed by atoms with Crippen LogP contribution in [0.2, 0.25) is 0 Å². The number of nitro groups is 1. The normalized spacial score (nSPS) is 22.1. The number of benzene rings is 1. The molecule has 2 atom stereocenters. The van der Waals surface area contributed by atoms with E-state index in [-0.39, 0.29) is 22.9 Å². The van der Waals surface area contributed by atoms with Crippen LogP contribution in [0.15, 0.2) is 23.1 Å². The highest BCUT2D eigenvalue weighted by Gasteiger charge is 2.39. The average molecular weight is 358 g/mol. The lowest BCUT2D eigenvalue weighted by atomic mass is 9.96. The third-order valence-corrected chi connectivity index (χ3v) is 6.12. The van der Waals surface area contributed by atoms with Gasteiger partial charge >= 0.3 is 5.97 Å². The standard InChI is InChI=1S/C14H18N2O7S/c1-9-3-4-10(14(17)18)8-15(9)24(21,22)13-7-11(16(19)20)5-6-12(13)23-2/h5-7,9-10H,3-4,8H2,1-2H3,(H,17,18). The lowest BCUT2D eigenvalue weighted by Gasteiger charge is -2.35. The van der Waals surface area contributed by atoms with Crippen molar-refractivity contribution < 1.29 is 28.0 Å². The van der Waals surface area contributed by atoms with E-state index < -0.39 is 32.9 Å². The summed E-state index contributed by atoms with van der Waals surface area (Å²) in [5.41, 5.74) is -0.381. The summed E-state index contributed by atoms with van der Waals surface area (Å²) in [5, 5.41) is 20.1. The molecule has 0 radical (unpaired) electrons. The lowest BCUT2D eigenvalue weighted by Crippen LogP contribution is -2.47. The number of hydrogen-bond acceptors (Lipinski definition) is 6. The van der Waals surface area contributed by atoms with Crippen LogP contribution in [0, 0.1) is 16.0 Å². The molecule has 1 heterocycles. The van der Waals surface area contributed by atoms with Crippen LogP contribution < -0.4 is 4.74 Å². The fraction of sp³-hybridized carbons (Fsp3) is 0.500. The van der Waals surface area contributed by atoms with Crippen LogP contribution in [0.25, 0.3) is 0 Å².